The van der Waals surface area contributed by atoms with Gasteiger partial charge in [-0.1, -0.05) is 12.1 Å². The number of anilines is 1. The molecule has 2 aromatic rings. The van der Waals surface area contributed by atoms with Crippen LogP contribution in [0, 0.1) is 0 Å². The van der Waals surface area contributed by atoms with Crippen LogP contribution in [-0.4, -0.2) is 26.7 Å². The zero-order chi connectivity index (χ0) is 17.4. The normalized spacial score (nSPS) is 10.5. The second-order valence-electron chi connectivity index (χ2n) is 4.89. The smallest absolute Gasteiger partial charge is 0.248 e. The molecule has 0 aliphatic heterocycles. The number of hydrogen-bond donors (Lipinski definition) is 1. The van der Waals surface area contributed by atoms with E-state index in [4.69, 9.17) is 14.2 Å². The molecule has 0 saturated carbocycles. The van der Waals surface area contributed by atoms with Crippen LogP contribution in [0.15, 0.2) is 48.5 Å². The monoisotopic (exact) mass is 327 g/mol. The fraction of sp³-hybridized carbons (Fsp3) is 0.211. The lowest BCUT2D eigenvalue weighted by Crippen LogP contribution is -2.07. The Bertz CT molecular complexity index is 708. The number of benzene rings is 2. The lowest BCUT2D eigenvalue weighted by molar-refractivity contribution is -0.111. The van der Waals surface area contributed by atoms with Gasteiger partial charge >= 0.3 is 0 Å². The molecule has 2 aromatic carbocycles. The number of carbonyl (C=O) groups excluding carboxylic acids is 1. The van der Waals surface area contributed by atoms with Gasteiger partial charge in [-0.2, -0.15) is 0 Å². The maximum Gasteiger partial charge on any atom is 0.248 e. The highest BCUT2D eigenvalue weighted by molar-refractivity contribution is 6.02. The molecule has 0 aliphatic rings. The minimum Gasteiger partial charge on any atom is -0.494 e. The number of amides is 1. The van der Waals surface area contributed by atoms with Crippen LogP contribution in [0.3, 0.4) is 0 Å². The average molecular weight is 327 g/mol. The fourth-order valence-electron chi connectivity index (χ4n) is 2.11. The Morgan fingerprint density at radius 2 is 1.75 bits per heavy atom. The molecule has 0 spiro atoms. The summed E-state index contributed by atoms with van der Waals surface area (Å²) in [6.45, 7) is 2.56. The Hall–Kier alpha value is -2.95. The SMILES string of the molecule is CCOc1ccc(/C=C/C(=O)Nc2ccc(OC)c(OC)c2)cc1. The molecule has 126 valence electrons. The number of rotatable bonds is 7. The van der Waals surface area contributed by atoms with Crippen molar-refractivity contribution in [1.82, 2.24) is 0 Å². The van der Waals surface area contributed by atoms with Gasteiger partial charge in [0.15, 0.2) is 11.5 Å². The van der Waals surface area contributed by atoms with E-state index in [9.17, 15) is 4.79 Å². The van der Waals surface area contributed by atoms with Crippen molar-refractivity contribution in [2.75, 3.05) is 26.1 Å². The number of hydrogen-bond acceptors (Lipinski definition) is 4. The van der Waals surface area contributed by atoms with Crippen molar-refractivity contribution in [3.63, 3.8) is 0 Å². The van der Waals surface area contributed by atoms with Gasteiger partial charge in [0.2, 0.25) is 5.91 Å². The molecule has 0 aromatic heterocycles. The predicted octanol–water partition coefficient (Wildman–Crippen LogP) is 3.75. The molecular weight excluding hydrogens is 306 g/mol. The summed E-state index contributed by atoms with van der Waals surface area (Å²) in [4.78, 5) is 12.0. The summed E-state index contributed by atoms with van der Waals surface area (Å²) in [6.07, 6.45) is 3.22. The molecule has 0 unspecified atom stereocenters. The van der Waals surface area contributed by atoms with Crippen molar-refractivity contribution in [3.8, 4) is 17.2 Å². The maximum atomic E-state index is 12.0. The summed E-state index contributed by atoms with van der Waals surface area (Å²) in [5, 5.41) is 2.78. The number of ether oxygens (including phenoxy) is 3. The Morgan fingerprint density at radius 3 is 2.38 bits per heavy atom. The first-order valence-electron chi connectivity index (χ1n) is 7.60. The van der Waals surface area contributed by atoms with Crippen molar-refractivity contribution in [1.29, 1.82) is 0 Å². The molecule has 0 radical (unpaired) electrons. The molecular formula is C19H21NO4. The van der Waals surface area contributed by atoms with E-state index in [0.717, 1.165) is 11.3 Å². The van der Waals surface area contributed by atoms with Crippen molar-refractivity contribution >= 4 is 17.7 Å². The first-order valence-corrected chi connectivity index (χ1v) is 7.60. The third kappa shape index (κ3) is 4.78. The van der Waals surface area contributed by atoms with E-state index < -0.39 is 0 Å². The highest BCUT2D eigenvalue weighted by Crippen LogP contribution is 2.29. The van der Waals surface area contributed by atoms with Crippen molar-refractivity contribution < 1.29 is 19.0 Å². The number of methoxy groups -OCH3 is 2. The Labute approximate surface area is 141 Å². The summed E-state index contributed by atoms with van der Waals surface area (Å²) in [5.41, 5.74) is 1.55. The first kappa shape index (κ1) is 17.4. The highest BCUT2D eigenvalue weighted by Gasteiger charge is 2.05. The van der Waals surface area contributed by atoms with E-state index in [1.165, 1.54) is 6.08 Å². The predicted molar refractivity (Wildman–Crippen MR) is 94.8 cm³/mol. The second kappa shape index (κ2) is 8.62. The standard InChI is InChI=1S/C19H21NO4/c1-4-24-16-9-5-14(6-10-16)7-12-19(21)20-15-8-11-17(22-2)18(13-15)23-3/h5-13H,4H2,1-3H3,(H,20,21)/b12-7+. The van der Waals surface area contributed by atoms with Gasteiger partial charge in [-0.3, -0.25) is 4.79 Å². The molecule has 0 heterocycles. The van der Waals surface area contributed by atoms with Gasteiger partial charge in [0.05, 0.1) is 20.8 Å². The third-order valence-corrected chi connectivity index (χ3v) is 3.27. The summed E-state index contributed by atoms with van der Waals surface area (Å²) in [5.74, 6) is 1.76. The summed E-state index contributed by atoms with van der Waals surface area (Å²) in [6, 6.07) is 12.7. The minimum atomic E-state index is -0.226. The highest BCUT2D eigenvalue weighted by atomic mass is 16.5. The van der Waals surface area contributed by atoms with Crippen LogP contribution in [0.25, 0.3) is 6.08 Å². The van der Waals surface area contributed by atoms with E-state index >= 15 is 0 Å². The van der Waals surface area contributed by atoms with E-state index in [1.54, 1.807) is 38.5 Å². The average Bonchev–Trinajstić information content (AvgIpc) is 2.61. The first-order chi connectivity index (χ1) is 11.7. The number of nitrogens with one attached hydrogen (secondary N) is 1. The minimum absolute atomic E-state index is 0.226. The van der Waals surface area contributed by atoms with E-state index in [0.29, 0.717) is 23.8 Å². The maximum absolute atomic E-state index is 12.0. The van der Waals surface area contributed by atoms with Gasteiger partial charge in [0.25, 0.3) is 0 Å². The topological polar surface area (TPSA) is 56.8 Å². The largest absolute Gasteiger partial charge is 0.494 e. The Balaban J connectivity index is 1.99. The molecule has 0 aliphatic carbocycles. The lowest BCUT2D eigenvalue weighted by atomic mass is 10.2. The Kier molecular flexibility index (Phi) is 6.25. The van der Waals surface area contributed by atoms with Crippen molar-refractivity contribution in [2.45, 2.75) is 6.92 Å². The fourth-order valence-corrected chi connectivity index (χ4v) is 2.11. The van der Waals surface area contributed by atoms with E-state index in [2.05, 4.69) is 5.32 Å². The molecule has 24 heavy (non-hydrogen) atoms. The molecule has 0 bridgehead atoms. The zero-order valence-electron chi connectivity index (χ0n) is 14.0. The summed E-state index contributed by atoms with van der Waals surface area (Å²) < 4.78 is 15.8. The van der Waals surface area contributed by atoms with Crippen LogP contribution in [0.5, 0.6) is 17.2 Å². The van der Waals surface area contributed by atoms with Crippen LogP contribution in [0.4, 0.5) is 5.69 Å². The van der Waals surface area contributed by atoms with Crippen LogP contribution in [-0.2, 0) is 4.79 Å². The van der Waals surface area contributed by atoms with Gasteiger partial charge < -0.3 is 19.5 Å². The Morgan fingerprint density at radius 1 is 1.04 bits per heavy atom. The number of carbonyl (C=O) groups is 1. The quantitative estimate of drug-likeness (QED) is 0.787. The van der Waals surface area contributed by atoms with Gasteiger partial charge in [-0.05, 0) is 42.8 Å². The summed E-state index contributed by atoms with van der Waals surface area (Å²) in [7, 11) is 3.12. The molecule has 5 nitrogen and oxygen atoms in total. The summed E-state index contributed by atoms with van der Waals surface area (Å²) >= 11 is 0. The third-order valence-electron chi connectivity index (χ3n) is 3.27. The molecule has 0 saturated heterocycles. The van der Waals surface area contributed by atoms with Gasteiger partial charge in [0.1, 0.15) is 5.75 Å². The molecule has 1 amide bonds. The molecule has 5 heteroatoms. The molecule has 2 rings (SSSR count). The van der Waals surface area contributed by atoms with Crippen LogP contribution < -0.4 is 19.5 Å². The van der Waals surface area contributed by atoms with Gasteiger partial charge in [-0.15, -0.1) is 0 Å². The van der Waals surface area contributed by atoms with Crippen LogP contribution >= 0.6 is 0 Å². The zero-order valence-corrected chi connectivity index (χ0v) is 14.0. The van der Waals surface area contributed by atoms with Gasteiger partial charge in [-0.25, -0.2) is 0 Å². The molecule has 0 atom stereocenters. The molecule has 1 N–H and O–H groups in total. The van der Waals surface area contributed by atoms with Gasteiger partial charge in [0, 0.05) is 17.8 Å². The van der Waals surface area contributed by atoms with Crippen molar-refractivity contribution in [3.05, 3.63) is 54.1 Å². The molecule has 0 fully saturated rings. The van der Waals surface area contributed by atoms with Crippen LogP contribution in [0.1, 0.15) is 12.5 Å². The van der Waals surface area contributed by atoms with Crippen LogP contribution in [0.2, 0.25) is 0 Å². The van der Waals surface area contributed by atoms with E-state index in [1.807, 2.05) is 31.2 Å². The van der Waals surface area contributed by atoms with E-state index in [-0.39, 0.29) is 5.91 Å². The lowest BCUT2D eigenvalue weighted by Gasteiger charge is -2.09. The van der Waals surface area contributed by atoms with Crippen molar-refractivity contribution in [2.24, 2.45) is 0 Å². The second-order valence-corrected chi connectivity index (χ2v) is 4.89.